The Hall–Kier alpha value is -0.260. The molecule has 0 spiro atoms. The summed E-state index contributed by atoms with van der Waals surface area (Å²) < 4.78 is 0. The lowest BCUT2D eigenvalue weighted by Gasteiger charge is -2.35. The van der Waals surface area contributed by atoms with Crippen LogP contribution in [0.15, 0.2) is 12.2 Å². The van der Waals surface area contributed by atoms with Gasteiger partial charge in [-0.05, 0) is 54.3 Å². The van der Waals surface area contributed by atoms with E-state index >= 15 is 0 Å². The molecular formula is C15H24. The Kier molecular flexibility index (Phi) is 1.79. The average Bonchev–Trinajstić information content (AvgIpc) is 2.63. The molecule has 3 aliphatic rings. The largest absolute Gasteiger partial charge is 0.0990 e. The standard InChI is InChI=1S/C15H24/c1-10-11-6-7-12-13(11)14(2,3)8-5-9-15(10,12)4/h11-13H,1,5-9H2,2-4H3/t11-,12?,13+,15-/m0/s1. The second-order valence-electron chi connectivity index (χ2n) is 7.10. The van der Waals surface area contributed by atoms with E-state index in [2.05, 4.69) is 27.4 Å². The second-order valence-corrected chi connectivity index (χ2v) is 7.10. The number of rotatable bonds is 0. The Morgan fingerprint density at radius 1 is 1.13 bits per heavy atom. The number of hydrogen-bond acceptors (Lipinski definition) is 0. The third-order valence-corrected chi connectivity index (χ3v) is 6.07. The molecular weight excluding hydrogens is 180 g/mol. The van der Waals surface area contributed by atoms with Crippen molar-refractivity contribution in [2.24, 2.45) is 28.6 Å². The predicted octanol–water partition coefficient (Wildman–Crippen LogP) is 4.42. The van der Waals surface area contributed by atoms with Crippen LogP contribution in [0.1, 0.15) is 52.9 Å². The van der Waals surface area contributed by atoms with Crippen LogP contribution in [0.4, 0.5) is 0 Å². The lowest BCUT2D eigenvalue weighted by Crippen LogP contribution is -2.28. The van der Waals surface area contributed by atoms with E-state index < -0.39 is 0 Å². The molecule has 0 aliphatic heterocycles. The van der Waals surface area contributed by atoms with Crippen molar-refractivity contribution >= 4 is 0 Å². The minimum Gasteiger partial charge on any atom is -0.0990 e. The van der Waals surface area contributed by atoms with Gasteiger partial charge >= 0.3 is 0 Å². The van der Waals surface area contributed by atoms with Crippen LogP contribution in [0.5, 0.6) is 0 Å². The maximum Gasteiger partial charge on any atom is -0.00849 e. The van der Waals surface area contributed by atoms with E-state index in [-0.39, 0.29) is 0 Å². The first-order valence-electron chi connectivity index (χ1n) is 6.66. The number of allylic oxidation sites excluding steroid dienone is 1. The molecule has 1 unspecified atom stereocenters. The van der Waals surface area contributed by atoms with Gasteiger partial charge in [-0.2, -0.15) is 0 Å². The fourth-order valence-corrected chi connectivity index (χ4v) is 5.28. The molecule has 0 heteroatoms. The van der Waals surface area contributed by atoms with Crippen molar-refractivity contribution in [2.75, 3.05) is 0 Å². The fraction of sp³-hybridized carbons (Fsp3) is 0.867. The minimum atomic E-state index is 0.515. The van der Waals surface area contributed by atoms with Crippen molar-refractivity contribution in [3.05, 3.63) is 12.2 Å². The minimum absolute atomic E-state index is 0.515. The maximum absolute atomic E-state index is 4.46. The summed E-state index contributed by atoms with van der Waals surface area (Å²) in [7, 11) is 0. The van der Waals surface area contributed by atoms with Crippen LogP contribution >= 0.6 is 0 Å². The van der Waals surface area contributed by atoms with Gasteiger partial charge in [-0.1, -0.05) is 39.3 Å². The summed E-state index contributed by atoms with van der Waals surface area (Å²) in [5.41, 5.74) is 2.71. The van der Waals surface area contributed by atoms with Crippen molar-refractivity contribution < 1.29 is 0 Å². The maximum atomic E-state index is 4.46. The third kappa shape index (κ3) is 1.04. The Bertz CT molecular complexity index is 312. The molecule has 0 saturated heterocycles. The van der Waals surface area contributed by atoms with Crippen molar-refractivity contribution in [3.63, 3.8) is 0 Å². The van der Waals surface area contributed by atoms with E-state index in [0.717, 1.165) is 17.8 Å². The first kappa shape index (κ1) is 9.93. The second kappa shape index (κ2) is 2.70. The molecule has 0 N–H and O–H groups in total. The molecule has 0 aromatic heterocycles. The van der Waals surface area contributed by atoms with Gasteiger partial charge in [0.2, 0.25) is 0 Å². The van der Waals surface area contributed by atoms with Crippen LogP contribution in [0.2, 0.25) is 0 Å². The van der Waals surface area contributed by atoms with Gasteiger partial charge in [0.1, 0.15) is 0 Å². The summed E-state index contributed by atoms with van der Waals surface area (Å²) in [4.78, 5) is 0. The van der Waals surface area contributed by atoms with Crippen LogP contribution in [0.25, 0.3) is 0 Å². The van der Waals surface area contributed by atoms with Crippen LogP contribution in [0.3, 0.4) is 0 Å². The quantitative estimate of drug-likeness (QED) is 0.513. The van der Waals surface area contributed by atoms with E-state index in [4.69, 9.17) is 0 Å². The summed E-state index contributed by atoms with van der Waals surface area (Å²) in [6.45, 7) is 12.0. The Morgan fingerprint density at radius 2 is 1.87 bits per heavy atom. The first-order valence-corrected chi connectivity index (χ1v) is 6.66. The number of hydrogen-bond donors (Lipinski definition) is 0. The SMILES string of the molecule is C=C1[C@@H]2CCC3[C@@H]2C(C)(C)CCC[C@@]13C. The lowest BCUT2D eigenvalue weighted by molar-refractivity contribution is 0.141. The molecule has 0 heterocycles. The molecule has 0 nitrogen and oxygen atoms in total. The molecule has 0 amide bonds. The highest BCUT2D eigenvalue weighted by Crippen LogP contribution is 2.70. The highest BCUT2D eigenvalue weighted by atomic mass is 14.7. The molecule has 15 heavy (non-hydrogen) atoms. The van der Waals surface area contributed by atoms with E-state index in [1.165, 1.54) is 32.1 Å². The van der Waals surface area contributed by atoms with Crippen LogP contribution in [-0.4, -0.2) is 0 Å². The third-order valence-electron chi connectivity index (χ3n) is 6.07. The van der Waals surface area contributed by atoms with Crippen LogP contribution in [0, 0.1) is 28.6 Å². The molecule has 84 valence electrons. The zero-order valence-electron chi connectivity index (χ0n) is 10.5. The molecule has 0 radical (unpaired) electrons. The van der Waals surface area contributed by atoms with E-state index in [0.29, 0.717) is 10.8 Å². The molecule has 0 aromatic rings. The lowest BCUT2D eigenvalue weighted by atomic mass is 9.69. The van der Waals surface area contributed by atoms with E-state index in [1.54, 1.807) is 5.57 Å². The molecule has 4 atom stereocenters. The molecule has 4 bridgehead atoms. The topological polar surface area (TPSA) is 0 Å². The van der Waals surface area contributed by atoms with Gasteiger partial charge in [-0.25, -0.2) is 0 Å². The van der Waals surface area contributed by atoms with Crippen molar-refractivity contribution in [1.82, 2.24) is 0 Å². The zero-order valence-corrected chi connectivity index (χ0v) is 10.5. The average molecular weight is 204 g/mol. The van der Waals surface area contributed by atoms with Crippen LogP contribution < -0.4 is 0 Å². The highest BCUT2D eigenvalue weighted by molar-refractivity contribution is 5.29. The van der Waals surface area contributed by atoms with Gasteiger partial charge in [-0.15, -0.1) is 0 Å². The monoisotopic (exact) mass is 204 g/mol. The van der Waals surface area contributed by atoms with Gasteiger partial charge in [0.05, 0.1) is 0 Å². The predicted molar refractivity (Wildman–Crippen MR) is 64.6 cm³/mol. The van der Waals surface area contributed by atoms with Crippen molar-refractivity contribution in [2.45, 2.75) is 52.9 Å². The summed E-state index contributed by atoms with van der Waals surface area (Å²) in [5, 5.41) is 0. The summed E-state index contributed by atoms with van der Waals surface area (Å²) in [6.07, 6.45) is 7.18. The molecule has 3 rings (SSSR count). The molecule has 3 fully saturated rings. The zero-order chi connectivity index (χ0) is 10.8. The van der Waals surface area contributed by atoms with Gasteiger partial charge in [0.15, 0.2) is 0 Å². The molecule has 3 saturated carbocycles. The summed E-state index contributed by atoms with van der Waals surface area (Å²) >= 11 is 0. The Balaban J connectivity index is 2.10. The fourth-order valence-electron chi connectivity index (χ4n) is 5.28. The summed E-state index contributed by atoms with van der Waals surface area (Å²) in [5.74, 6) is 2.79. The van der Waals surface area contributed by atoms with Crippen molar-refractivity contribution in [1.29, 1.82) is 0 Å². The normalized spacial score (nSPS) is 51.9. The van der Waals surface area contributed by atoms with Crippen LogP contribution in [-0.2, 0) is 0 Å². The van der Waals surface area contributed by atoms with Gasteiger partial charge < -0.3 is 0 Å². The van der Waals surface area contributed by atoms with Gasteiger partial charge in [0, 0.05) is 0 Å². The molecule has 3 aliphatic carbocycles. The van der Waals surface area contributed by atoms with Crippen molar-refractivity contribution in [3.8, 4) is 0 Å². The van der Waals surface area contributed by atoms with Gasteiger partial charge in [0.25, 0.3) is 0 Å². The van der Waals surface area contributed by atoms with Gasteiger partial charge in [-0.3, -0.25) is 0 Å². The Morgan fingerprint density at radius 3 is 2.60 bits per heavy atom. The Labute approximate surface area is 94.1 Å². The smallest absolute Gasteiger partial charge is 0.00849 e. The first-order chi connectivity index (χ1) is 6.97. The highest BCUT2D eigenvalue weighted by Gasteiger charge is 2.61. The summed E-state index contributed by atoms with van der Waals surface area (Å²) in [6, 6.07) is 0. The molecule has 0 aromatic carbocycles. The van der Waals surface area contributed by atoms with E-state index in [9.17, 15) is 0 Å². The van der Waals surface area contributed by atoms with E-state index in [1.807, 2.05) is 0 Å².